The Morgan fingerprint density at radius 1 is 1.19 bits per heavy atom. The summed E-state index contributed by atoms with van der Waals surface area (Å²) in [6.45, 7) is 6.82. The molecular formula is C33H34F3N3O3. The van der Waals surface area contributed by atoms with Gasteiger partial charge in [-0.15, -0.1) is 0 Å². The van der Waals surface area contributed by atoms with Gasteiger partial charge in [-0.25, -0.2) is 18.2 Å². The number of nitrogens with one attached hydrogen (secondary N) is 2. The predicted octanol–water partition coefficient (Wildman–Crippen LogP) is 7.00. The molecule has 1 aromatic heterocycles. The van der Waals surface area contributed by atoms with Crippen LogP contribution in [0, 0.1) is 11.7 Å². The number of aromatic amines is 1. The van der Waals surface area contributed by atoms with Crippen molar-refractivity contribution >= 4 is 6.79 Å². The Bertz CT molecular complexity index is 1530. The van der Waals surface area contributed by atoms with Gasteiger partial charge in [-0.1, -0.05) is 43.7 Å². The van der Waals surface area contributed by atoms with Crippen molar-refractivity contribution in [2.24, 2.45) is 5.92 Å². The number of rotatable bonds is 7. The highest BCUT2D eigenvalue weighted by atomic mass is 19.1. The van der Waals surface area contributed by atoms with Gasteiger partial charge in [-0.3, -0.25) is 0 Å². The highest BCUT2D eigenvalue weighted by Gasteiger charge is 2.41. The first kappa shape index (κ1) is 29.4. The smallest absolute Gasteiger partial charge is 0.175 e. The van der Waals surface area contributed by atoms with Gasteiger partial charge in [0, 0.05) is 29.6 Å². The van der Waals surface area contributed by atoms with E-state index in [0.29, 0.717) is 18.1 Å². The van der Waals surface area contributed by atoms with Crippen molar-refractivity contribution in [3.05, 3.63) is 107 Å². The number of carbonyl (C=O) groups excluding carboxylic acids is 1. The zero-order chi connectivity index (χ0) is 29.9. The number of ether oxygens (including phenoxy) is 2. The van der Waals surface area contributed by atoms with Crippen molar-refractivity contribution in [3.63, 3.8) is 0 Å². The van der Waals surface area contributed by atoms with E-state index in [1.54, 1.807) is 18.5 Å². The van der Waals surface area contributed by atoms with E-state index in [4.69, 9.17) is 14.3 Å². The maximum atomic E-state index is 15.1. The van der Waals surface area contributed by atoms with Gasteiger partial charge in [-0.2, -0.15) is 0 Å². The molecule has 0 amide bonds. The topological polar surface area (TPSA) is 76.2 Å². The Labute approximate surface area is 243 Å². The van der Waals surface area contributed by atoms with Crippen LogP contribution in [0.1, 0.15) is 49.9 Å². The van der Waals surface area contributed by atoms with E-state index in [9.17, 15) is 4.39 Å². The van der Waals surface area contributed by atoms with Gasteiger partial charge in [0.25, 0.3) is 0 Å². The molecule has 2 aliphatic heterocycles. The van der Waals surface area contributed by atoms with Crippen molar-refractivity contribution in [2.45, 2.75) is 57.2 Å². The molecule has 4 unspecified atom stereocenters. The molecule has 2 N–H and O–H groups in total. The second-order valence-electron chi connectivity index (χ2n) is 10.8. The highest BCUT2D eigenvalue weighted by Crippen LogP contribution is 2.44. The lowest BCUT2D eigenvalue weighted by molar-refractivity contribution is -0.0980. The van der Waals surface area contributed by atoms with Crippen molar-refractivity contribution in [1.29, 1.82) is 0 Å². The van der Waals surface area contributed by atoms with Crippen LogP contribution in [-0.2, 0) is 21.4 Å². The summed E-state index contributed by atoms with van der Waals surface area (Å²) in [6, 6.07) is 12.6. The van der Waals surface area contributed by atoms with Crippen LogP contribution in [0.2, 0.25) is 0 Å². The largest absolute Gasteiger partial charge is 0.455 e. The molecule has 0 spiro atoms. The fourth-order valence-corrected chi connectivity index (χ4v) is 6.09. The summed E-state index contributed by atoms with van der Waals surface area (Å²) in [5.74, 6) is -1.95. The molecule has 0 saturated carbocycles. The molecule has 220 valence electrons. The van der Waals surface area contributed by atoms with Gasteiger partial charge in [0.1, 0.15) is 24.2 Å². The SMILES string of the molecule is C=O.CCCc1cccc(C2(c3cnc(-c4cc(OC5=C(F)C=C6NC=CC6C5F)ccc4F)[nH]3)CCOC(C)C2)c1. The number of hydrogen-bond donors (Lipinski definition) is 2. The summed E-state index contributed by atoms with van der Waals surface area (Å²) in [6.07, 6.45) is 8.08. The Hall–Kier alpha value is -4.11. The molecular weight excluding hydrogens is 543 g/mol. The molecule has 1 saturated heterocycles. The van der Waals surface area contributed by atoms with E-state index < -0.39 is 29.5 Å². The van der Waals surface area contributed by atoms with Gasteiger partial charge in [0.2, 0.25) is 0 Å². The second-order valence-corrected chi connectivity index (χ2v) is 10.8. The van der Waals surface area contributed by atoms with Gasteiger partial charge in [0.15, 0.2) is 17.8 Å². The molecule has 6 rings (SSSR count). The van der Waals surface area contributed by atoms with Gasteiger partial charge in [0.05, 0.1) is 17.6 Å². The lowest BCUT2D eigenvalue weighted by Crippen LogP contribution is -2.39. The number of aryl methyl sites for hydroxylation is 1. The number of allylic oxidation sites excluding steroid dienone is 4. The zero-order valence-electron chi connectivity index (χ0n) is 23.6. The van der Waals surface area contributed by atoms with Crippen LogP contribution in [0.15, 0.2) is 84.3 Å². The number of nitrogens with zero attached hydrogens (tertiary/aromatic N) is 1. The molecule has 42 heavy (non-hydrogen) atoms. The molecule has 0 bridgehead atoms. The molecule has 4 atom stereocenters. The Kier molecular flexibility index (Phi) is 8.68. The number of halogens is 3. The summed E-state index contributed by atoms with van der Waals surface area (Å²) in [4.78, 5) is 15.9. The fourth-order valence-electron chi connectivity index (χ4n) is 6.09. The van der Waals surface area contributed by atoms with Gasteiger partial charge in [-0.05, 0) is 67.8 Å². The predicted molar refractivity (Wildman–Crippen MR) is 154 cm³/mol. The first-order chi connectivity index (χ1) is 20.4. The summed E-state index contributed by atoms with van der Waals surface area (Å²) in [5.41, 5.74) is 3.55. The molecule has 1 fully saturated rings. The molecule has 3 aromatic rings. The fraction of sp³-hybridized carbons (Fsp3) is 0.333. The van der Waals surface area contributed by atoms with Gasteiger partial charge < -0.3 is 24.6 Å². The lowest BCUT2D eigenvalue weighted by Gasteiger charge is -2.40. The Morgan fingerprint density at radius 2 is 2.02 bits per heavy atom. The number of H-pyrrole nitrogens is 1. The molecule has 0 radical (unpaired) electrons. The van der Waals surface area contributed by atoms with Crippen molar-refractivity contribution in [3.8, 4) is 17.1 Å². The van der Waals surface area contributed by atoms with Crippen LogP contribution in [0.5, 0.6) is 5.75 Å². The van der Waals surface area contributed by atoms with E-state index in [2.05, 4.69) is 53.4 Å². The average molecular weight is 578 g/mol. The van der Waals surface area contributed by atoms with Gasteiger partial charge >= 0.3 is 0 Å². The first-order valence-electron chi connectivity index (χ1n) is 14.1. The van der Waals surface area contributed by atoms with Crippen LogP contribution in [0.25, 0.3) is 11.4 Å². The summed E-state index contributed by atoms with van der Waals surface area (Å²) in [7, 11) is 0. The zero-order valence-corrected chi connectivity index (χ0v) is 23.6. The molecule has 3 aliphatic rings. The minimum atomic E-state index is -1.70. The van der Waals surface area contributed by atoms with Crippen LogP contribution >= 0.6 is 0 Å². The Morgan fingerprint density at radius 3 is 2.81 bits per heavy atom. The molecule has 3 heterocycles. The number of imidazole rings is 1. The summed E-state index contributed by atoms with van der Waals surface area (Å²) >= 11 is 0. The third-order valence-corrected chi connectivity index (χ3v) is 8.09. The minimum Gasteiger partial charge on any atom is -0.455 e. The normalized spacial score (nSPS) is 24.8. The lowest BCUT2D eigenvalue weighted by atomic mass is 9.70. The maximum absolute atomic E-state index is 15.1. The van der Waals surface area contributed by atoms with Crippen LogP contribution in [0.4, 0.5) is 13.2 Å². The third-order valence-electron chi connectivity index (χ3n) is 8.09. The number of benzene rings is 2. The first-order valence-corrected chi connectivity index (χ1v) is 14.1. The van der Waals surface area contributed by atoms with Crippen LogP contribution in [-0.4, -0.2) is 35.6 Å². The van der Waals surface area contributed by atoms with Crippen molar-refractivity contribution in [2.75, 3.05) is 6.61 Å². The number of hydrogen-bond acceptors (Lipinski definition) is 5. The van der Waals surface area contributed by atoms with E-state index in [1.165, 1.54) is 35.4 Å². The molecule has 9 heteroatoms. The monoisotopic (exact) mass is 577 g/mol. The molecule has 1 aliphatic carbocycles. The van der Waals surface area contributed by atoms with Crippen LogP contribution < -0.4 is 10.1 Å². The minimum absolute atomic E-state index is 0.0376. The van der Waals surface area contributed by atoms with Crippen molar-refractivity contribution in [1.82, 2.24) is 15.3 Å². The maximum Gasteiger partial charge on any atom is 0.175 e. The number of aromatic nitrogens is 2. The number of carbonyl (C=O) groups is 1. The Balaban J connectivity index is 0.00000173. The highest BCUT2D eigenvalue weighted by molar-refractivity contribution is 5.60. The third kappa shape index (κ3) is 5.53. The van der Waals surface area contributed by atoms with E-state index in [-0.39, 0.29) is 22.8 Å². The second kappa shape index (κ2) is 12.4. The number of alkyl halides is 1. The summed E-state index contributed by atoms with van der Waals surface area (Å²) < 4.78 is 56.5. The molecule has 6 nitrogen and oxygen atoms in total. The average Bonchev–Trinajstić information content (AvgIpc) is 3.68. The quantitative estimate of drug-likeness (QED) is 0.316. The summed E-state index contributed by atoms with van der Waals surface area (Å²) in [5, 5.41) is 2.84. The van der Waals surface area contributed by atoms with Crippen LogP contribution in [0.3, 0.4) is 0 Å². The van der Waals surface area contributed by atoms with E-state index in [0.717, 1.165) is 31.4 Å². The van der Waals surface area contributed by atoms with Crippen molar-refractivity contribution < 1.29 is 27.4 Å². The molecule has 2 aromatic carbocycles. The number of fused-ring (bicyclic) bond motifs is 1. The standard InChI is InChI=1S/C32H32F3N3O2.CH2O/c1-3-5-20-6-4-7-21(14-20)32(11-13-39-19(2)17-32)28-18-37-31(38-28)24-15-22(8-9-25(24)33)40-30-26(34)16-27-23(29(30)35)10-12-36-27;1-2/h4,6-10,12,14-16,18-19,23,29,36H,3,5,11,13,17H2,1-2H3,(H,37,38);1H2. The van der Waals surface area contributed by atoms with E-state index in [1.807, 2.05) is 6.79 Å². The van der Waals surface area contributed by atoms with E-state index >= 15 is 8.78 Å².